The van der Waals surface area contributed by atoms with Crippen LogP contribution in [0.15, 0.2) is 18.2 Å². The average molecular weight is 306 g/mol. The van der Waals surface area contributed by atoms with Crippen LogP contribution in [0.3, 0.4) is 0 Å². The topological polar surface area (TPSA) is 79.8 Å². The lowest BCUT2D eigenvalue weighted by atomic mass is 9.85. The summed E-state index contributed by atoms with van der Waals surface area (Å²) in [6.45, 7) is 0.486. The number of aliphatic hydroxyl groups is 1. The number of benzene rings is 1. The summed E-state index contributed by atoms with van der Waals surface area (Å²) in [6, 6.07) is 4.91. The molecule has 1 saturated carbocycles. The molecule has 1 fully saturated rings. The maximum Gasteiger partial charge on any atom is 0.319 e. The number of aliphatic hydroxyl groups excluding tert-OH is 1. The molecule has 3 N–H and O–H groups in total. The third-order valence-electron chi connectivity index (χ3n) is 4.30. The molecule has 1 aromatic carbocycles. The number of urea groups is 1. The predicted octanol–water partition coefficient (Wildman–Crippen LogP) is 2.48. The zero-order valence-corrected chi connectivity index (χ0v) is 12.5. The van der Waals surface area contributed by atoms with E-state index in [1.807, 2.05) is 0 Å². The van der Waals surface area contributed by atoms with E-state index in [-0.39, 0.29) is 19.4 Å². The van der Waals surface area contributed by atoms with Crippen LogP contribution in [0.1, 0.15) is 32.1 Å². The van der Waals surface area contributed by atoms with Gasteiger partial charge in [-0.3, -0.25) is 0 Å². The highest BCUT2D eigenvalue weighted by Gasteiger charge is 2.22. The summed E-state index contributed by atoms with van der Waals surface area (Å²) in [5.74, 6) is 1.61. The summed E-state index contributed by atoms with van der Waals surface area (Å²) in [6.07, 6.45) is 5.22. The third-order valence-corrected chi connectivity index (χ3v) is 4.30. The fourth-order valence-electron chi connectivity index (χ4n) is 3.03. The molecule has 2 amide bonds. The molecular weight excluding hydrogens is 284 g/mol. The molecule has 1 aliphatic heterocycles. The van der Waals surface area contributed by atoms with Crippen LogP contribution in [0.25, 0.3) is 0 Å². The number of rotatable bonds is 4. The molecule has 2 aliphatic rings. The first-order valence-electron chi connectivity index (χ1n) is 7.85. The number of hydrogen-bond acceptors (Lipinski definition) is 4. The Kier molecular flexibility index (Phi) is 4.68. The van der Waals surface area contributed by atoms with Crippen LogP contribution >= 0.6 is 0 Å². The standard InChI is InChI=1S/C16H22N2O4/c19-13(11-4-2-1-3-5-11)9-17-16(20)18-12-6-7-14-15(8-12)22-10-21-14/h6-8,11,13,19H,1-5,9-10H2,(H2,17,18,20). The number of nitrogens with one attached hydrogen (secondary N) is 2. The van der Waals surface area contributed by atoms with Gasteiger partial charge in [0.25, 0.3) is 0 Å². The van der Waals surface area contributed by atoms with E-state index in [0.717, 1.165) is 12.8 Å². The highest BCUT2D eigenvalue weighted by Crippen LogP contribution is 2.34. The van der Waals surface area contributed by atoms with Gasteiger partial charge in [0.1, 0.15) is 0 Å². The van der Waals surface area contributed by atoms with Gasteiger partial charge >= 0.3 is 6.03 Å². The Bertz CT molecular complexity index is 529. The van der Waals surface area contributed by atoms with Gasteiger partial charge in [0.05, 0.1) is 6.10 Å². The highest BCUT2D eigenvalue weighted by atomic mass is 16.7. The number of ether oxygens (including phenoxy) is 2. The van der Waals surface area contributed by atoms with Gasteiger partial charge in [-0.15, -0.1) is 0 Å². The Morgan fingerprint density at radius 1 is 1.23 bits per heavy atom. The summed E-state index contributed by atoms with van der Waals surface area (Å²) in [7, 11) is 0. The summed E-state index contributed by atoms with van der Waals surface area (Å²) in [4.78, 5) is 11.9. The van der Waals surface area contributed by atoms with E-state index in [4.69, 9.17) is 9.47 Å². The first kappa shape index (κ1) is 15.0. The largest absolute Gasteiger partial charge is 0.454 e. The van der Waals surface area contributed by atoms with Crippen molar-refractivity contribution in [2.24, 2.45) is 5.92 Å². The summed E-state index contributed by atoms with van der Waals surface area (Å²) in [5.41, 5.74) is 0.633. The highest BCUT2D eigenvalue weighted by molar-refractivity contribution is 5.89. The van der Waals surface area contributed by atoms with Crippen molar-refractivity contribution in [3.63, 3.8) is 0 Å². The van der Waals surface area contributed by atoms with E-state index in [9.17, 15) is 9.90 Å². The van der Waals surface area contributed by atoms with Gasteiger partial charge in [-0.2, -0.15) is 0 Å². The van der Waals surface area contributed by atoms with Gasteiger partial charge < -0.3 is 25.2 Å². The molecular formula is C16H22N2O4. The van der Waals surface area contributed by atoms with Crippen molar-refractivity contribution in [3.05, 3.63) is 18.2 Å². The third kappa shape index (κ3) is 3.62. The monoisotopic (exact) mass is 306 g/mol. The van der Waals surface area contributed by atoms with Crippen molar-refractivity contribution in [1.82, 2.24) is 5.32 Å². The average Bonchev–Trinajstić information content (AvgIpc) is 3.01. The lowest BCUT2D eigenvalue weighted by Gasteiger charge is -2.26. The molecule has 0 aromatic heterocycles. The Balaban J connectivity index is 1.46. The number of carbonyl (C=O) groups is 1. The van der Waals surface area contributed by atoms with Crippen LogP contribution in [-0.2, 0) is 0 Å². The number of hydrogen-bond donors (Lipinski definition) is 3. The van der Waals surface area contributed by atoms with Gasteiger partial charge in [-0.1, -0.05) is 19.3 Å². The first-order chi connectivity index (χ1) is 10.7. The lowest BCUT2D eigenvalue weighted by molar-refractivity contribution is 0.0863. The Labute approximate surface area is 129 Å². The Morgan fingerprint density at radius 3 is 2.82 bits per heavy atom. The SMILES string of the molecule is O=C(NCC(O)C1CCCCC1)Nc1ccc2c(c1)OCO2. The van der Waals surface area contributed by atoms with Crippen LogP contribution < -0.4 is 20.1 Å². The molecule has 6 nitrogen and oxygen atoms in total. The van der Waals surface area contributed by atoms with Crippen molar-refractivity contribution >= 4 is 11.7 Å². The maximum absolute atomic E-state index is 11.9. The van der Waals surface area contributed by atoms with Crippen molar-refractivity contribution in [2.75, 3.05) is 18.7 Å². The normalized spacial score (nSPS) is 18.8. The van der Waals surface area contributed by atoms with E-state index in [1.54, 1.807) is 18.2 Å². The molecule has 1 aliphatic carbocycles. The van der Waals surface area contributed by atoms with Crippen LogP contribution in [0.4, 0.5) is 10.5 Å². The van der Waals surface area contributed by atoms with Crippen molar-refractivity contribution in [2.45, 2.75) is 38.2 Å². The fourth-order valence-corrected chi connectivity index (χ4v) is 3.03. The Hall–Kier alpha value is -1.95. The number of fused-ring (bicyclic) bond motifs is 1. The summed E-state index contributed by atoms with van der Waals surface area (Å²) < 4.78 is 10.5. The van der Waals surface area contributed by atoms with E-state index < -0.39 is 6.10 Å². The van der Waals surface area contributed by atoms with Gasteiger partial charge in [0.15, 0.2) is 11.5 Å². The van der Waals surface area contributed by atoms with Crippen LogP contribution in [0.5, 0.6) is 11.5 Å². The lowest BCUT2D eigenvalue weighted by Crippen LogP contribution is -2.39. The molecule has 22 heavy (non-hydrogen) atoms. The molecule has 0 radical (unpaired) electrons. The van der Waals surface area contributed by atoms with E-state index in [1.165, 1.54) is 19.3 Å². The van der Waals surface area contributed by atoms with E-state index >= 15 is 0 Å². The van der Waals surface area contributed by atoms with E-state index in [0.29, 0.717) is 23.1 Å². The zero-order valence-electron chi connectivity index (χ0n) is 12.5. The molecule has 0 bridgehead atoms. The van der Waals surface area contributed by atoms with Gasteiger partial charge in [0.2, 0.25) is 6.79 Å². The van der Waals surface area contributed by atoms with Crippen molar-refractivity contribution in [3.8, 4) is 11.5 Å². The minimum atomic E-state index is -0.470. The van der Waals surface area contributed by atoms with Gasteiger partial charge in [-0.25, -0.2) is 4.79 Å². The minimum Gasteiger partial charge on any atom is -0.454 e. The van der Waals surface area contributed by atoms with Crippen molar-refractivity contribution in [1.29, 1.82) is 0 Å². The molecule has 0 saturated heterocycles. The van der Waals surface area contributed by atoms with Gasteiger partial charge in [0, 0.05) is 18.3 Å². The molecule has 120 valence electrons. The second kappa shape index (κ2) is 6.87. The van der Waals surface area contributed by atoms with Crippen LogP contribution in [0, 0.1) is 5.92 Å². The molecule has 1 unspecified atom stereocenters. The summed E-state index contributed by atoms with van der Waals surface area (Å²) >= 11 is 0. The van der Waals surface area contributed by atoms with E-state index in [2.05, 4.69) is 10.6 Å². The van der Waals surface area contributed by atoms with Crippen LogP contribution in [0.2, 0.25) is 0 Å². The smallest absolute Gasteiger partial charge is 0.319 e. The zero-order chi connectivity index (χ0) is 15.4. The number of carbonyl (C=O) groups excluding carboxylic acids is 1. The first-order valence-corrected chi connectivity index (χ1v) is 7.85. The predicted molar refractivity (Wildman–Crippen MR) is 82.2 cm³/mol. The fraction of sp³-hybridized carbons (Fsp3) is 0.562. The molecule has 3 rings (SSSR count). The quantitative estimate of drug-likeness (QED) is 0.798. The molecule has 1 heterocycles. The summed E-state index contributed by atoms with van der Waals surface area (Å²) in [5, 5.41) is 15.6. The second-order valence-corrected chi connectivity index (χ2v) is 5.87. The number of amides is 2. The molecule has 0 spiro atoms. The molecule has 1 aromatic rings. The van der Waals surface area contributed by atoms with Crippen LogP contribution in [-0.4, -0.2) is 30.6 Å². The molecule has 1 atom stereocenters. The maximum atomic E-state index is 11.9. The second-order valence-electron chi connectivity index (χ2n) is 5.87. The number of anilines is 1. The minimum absolute atomic E-state index is 0.207. The van der Waals surface area contributed by atoms with Gasteiger partial charge in [-0.05, 0) is 30.9 Å². The molecule has 6 heteroatoms. The Morgan fingerprint density at radius 2 is 2.00 bits per heavy atom. The van der Waals surface area contributed by atoms with Crippen molar-refractivity contribution < 1.29 is 19.4 Å².